The Balaban J connectivity index is 1.56. The third-order valence-electron chi connectivity index (χ3n) is 6.08. The zero-order valence-corrected chi connectivity index (χ0v) is 17.5. The zero-order valence-electron chi connectivity index (χ0n) is 17.5. The van der Waals surface area contributed by atoms with Crippen molar-refractivity contribution in [2.45, 2.75) is 32.4 Å². The average Bonchev–Trinajstić information content (AvgIpc) is 2.71. The number of rotatable bonds is 6. The van der Waals surface area contributed by atoms with Crippen LogP contribution in [0.15, 0.2) is 23.1 Å². The first-order valence-electron chi connectivity index (χ1n) is 10.2. The summed E-state index contributed by atoms with van der Waals surface area (Å²) in [7, 11) is 3.71. The number of anilines is 2. The summed E-state index contributed by atoms with van der Waals surface area (Å²) in [5.41, 5.74) is 9.00. The lowest BCUT2D eigenvalue weighted by Gasteiger charge is -2.43. The van der Waals surface area contributed by atoms with Crippen LogP contribution in [0.3, 0.4) is 0 Å². The van der Waals surface area contributed by atoms with Gasteiger partial charge in [0, 0.05) is 68.8 Å². The summed E-state index contributed by atoms with van der Waals surface area (Å²) in [5.74, 6) is 1.94. The number of methoxy groups -OCH3 is 1. The van der Waals surface area contributed by atoms with Gasteiger partial charge in [-0.05, 0) is 32.4 Å². The lowest BCUT2D eigenvalue weighted by atomic mass is 9.83. The van der Waals surface area contributed by atoms with Gasteiger partial charge in [0.15, 0.2) is 0 Å². The second-order valence-corrected chi connectivity index (χ2v) is 8.37. The van der Waals surface area contributed by atoms with Crippen LogP contribution in [0.25, 0.3) is 0 Å². The van der Waals surface area contributed by atoms with E-state index in [-0.39, 0.29) is 5.56 Å². The fraction of sp³-hybridized carbons (Fsp3) is 0.571. The Labute approximate surface area is 171 Å². The van der Waals surface area contributed by atoms with Crippen LogP contribution in [0, 0.1) is 12.8 Å². The molecular weight excluding hydrogens is 368 g/mol. The molecule has 2 aromatic heterocycles. The zero-order chi connectivity index (χ0) is 20.5. The van der Waals surface area contributed by atoms with E-state index in [1.165, 1.54) is 0 Å². The maximum atomic E-state index is 13.1. The number of nitrogen functional groups attached to an aromatic ring is 1. The predicted molar refractivity (Wildman–Crippen MR) is 113 cm³/mol. The quantitative estimate of drug-likeness (QED) is 0.783. The van der Waals surface area contributed by atoms with E-state index in [1.807, 2.05) is 24.6 Å². The molecule has 0 amide bonds. The lowest BCUT2D eigenvalue weighted by molar-refractivity contribution is 0.158. The number of hydrogen-bond donors (Lipinski definition) is 1. The number of ether oxygens (including phenoxy) is 1. The molecule has 2 aromatic rings. The smallest absolute Gasteiger partial charge is 0.255 e. The highest BCUT2D eigenvalue weighted by Crippen LogP contribution is 2.36. The van der Waals surface area contributed by atoms with Crippen molar-refractivity contribution in [2.24, 2.45) is 5.92 Å². The maximum absolute atomic E-state index is 13.1. The summed E-state index contributed by atoms with van der Waals surface area (Å²) in [5, 5.41) is 0. The van der Waals surface area contributed by atoms with Crippen LogP contribution in [0.5, 0.6) is 0 Å². The molecule has 2 N–H and O–H groups in total. The Hall–Kier alpha value is -2.45. The highest BCUT2D eigenvalue weighted by Gasteiger charge is 2.36. The van der Waals surface area contributed by atoms with E-state index >= 15 is 0 Å². The number of aryl methyl sites for hydroxylation is 1. The maximum Gasteiger partial charge on any atom is 0.255 e. The molecule has 2 aliphatic heterocycles. The summed E-state index contributed by atoms with van der Waals surface area (Å²) in [6, 6.07) is 4.13. The molecule has 8 heteroatoms. The second-order valence-electron chi connectivity index (χ2n) is 8.37. The minimum absolute atomic E-state index is 0.144. The van der Waals surface area contributed by atoms with Crippen molar-refractivity contribution in [3.63, 3.8) is 0 Å². The normalized spacial score (nSPS) is 20.8. The number of nitrogens with zero attached hydrogens (tertiary/aromatic N) is 5. The van der Waals surface area contributed by atoms with Crippen LogP contribution >= 0.6 is 0 Å². The molecule has 1 fully saturated rings. The molecule has 0 spiro atoms. The summed E-state index contributed by atoms with van der Waals surface area (Å²) in [6.45, 7) is 6.43. The van der Waals surface area contributed by atoms with E-state index < -0.39 is 0 Å². The van der Waals surface area contributed by atoms with Crippen molar-refractivity contribution >= 4 is 11.8 Å². The Kier molecular flexibility index (Phi) is 5.56. The van der Waals surface area contributed by atoms with Crippen molar-refractivity contribution < 1.29 is 4.74 Å². The highest BCUT2D eigenvalue weighted by atomic mass is 16.5. The topological polar surface area (TPSA) is 89.5 Å². The van der Waals surface area contributed by atoms with Gasteiger partial charge in [0.05, 0.1) is 6.61 Å². The SMILES string of the molecule is COCCN(C)Cc1ccc2n(c1=O)C[C@H]1C[C@@H]2CN(c2ncc(C)c(N)n2)C1. The molecule has 156 valence electrons. The average molecular weight is 399 g/mol. The summed E-state index contributed by atoms with van der Waals surface area (Å²) < 4.78 is 7.13. The van der Waals surface area contributed by atoms with E-state index in [0.717, 1.165) is 49.4 Å². The van der Waals surface area contributed by atoms with Crippen LogP contribution in [-0.4, -0.2) is 59.8 Å². The van der Waals surface area contributed by atoms with Gasteiger partial charge >= 0.3 is 0 Å². The van der Waals surface area contributed by atoms with Crippen LogP contribution in [0.1, 0.15) is 29.2 Å². The summed E-state index contributed by atoms with van der Waals surface area (Å²) in [4.78, 5) is 26.4. The largest absolute Gasteiger partial charge is 0.383 e. The predicted octanol–water partition coefficient (Wildman–Crippen LogP) is 1.23. The highest BCUT2D eigenvalue weighted by molar-refractivity contribution is 5.44. The minimum Gasteiger partial charge on any atom is -0.383 e. The van der Waals surface area contributed by atoms with Gasteiger partial charge in [-0.3, -0.25) is 9.69 Å². The van der Waals surface area contributed by atoms with Crippen molar-refractivity contribution in [2.75, 3.05) is 51.0 Å². The molecule has 0 saturated carbocycles. The van der Waals surface area contributed by atoms with Gasteiger partial charge in [-0.2, -0.15) is 4.98 Å². The lowest BCUT2D eigenvalue weighted by Crippen LogP contribution is -2.48. The number of aromatic nitrogens is 3. The van der Waals surface area contributed by atoms with Crippen LogP contribution in [0.2, 0.25) is 0 Å². The molecule has 2 aliphatic rings. The molecule has 0 radical (unpaired) electrons. The summed E-state index contributed by atoms with van der Waals surface area (Å²) >= 11 is 0. The van der Waals surface area contributed by atoms with Gasteiger partial charge in [-0.25, -0.2) is 4.98 Å². The molecule has 8 nitrogen and oxygen atoms in total. The number of fused-ring (bicyclic) bond motifs is 4. The third-order valence-corrected chi connectivity index (χ3v) is 6.08. The van der Waals surface area contributed by atoms with Gasteiger partial charge in [-0.15, -0.1) is 0 Å². The Bertz CT molecular complexity index is 943. The van der Waals surface area contributed by atoms with Crippen molar-refractivity contribution in [3.05, 3.63) is 45.5 Å². The third kappa shape index (κ3) is 4.00. The number of likely N-dealkylation sites (N-methyl/N-ethyl adjacent to an activating group) is 1. The monoisotopic (exact) mass is 398 g/mol. The molecule has 0 aliphatic carbocycles. The van der Waals surface area contributed by atoms with Crippen LogP contribution < -0.4 is 16.2 Å². The number of hydrogen-bond acceptors (Lipinski definition) is 7. The Morgan fingerprint density at radius 1 is 1.31 bits per heavy atom. The fourth-order valence-corrected chi connectivity index (χ4v) is 4.49. The van der Waals surface area contributed by atoms with E-state index in [9.17, 15) is 4.79 Å². The molecule has 1 saturated heterocycles. The van der Waals surface area contributed by atoms with Crippen molar-refractivity contribution in [1.82, 2.24) is 19.4 Å². The minimum atomic E-state index is 0.144. The molecule has 2 atom stereocenters. The molecule has 0 unspecified atom stereocenters. The van der Waals surface area contributed by atoms with Crippen molar-refractivity contribution in [3.8, 4) is 0 Å². The molecule has 4 rings (SSSR count). The fourth-order valence-electron chi connectivity index (χ4n) is 4.49. The van der Waals surface area contributed by atoms with Gasteiger partial charge in [0.25, 0.3) is 5.56 Å². The first-order chi connectivity index (χ1) is 14.0. The molecular formula is C21H30N6O2. The molecule has 4 heterocycles. The Morgan fingerprint density at radius 3 is 2.90 bits per heavy atom. The standard InChI is InChI=1S/C21H30N6O2/c1-14-9-23-21(24-19(14)22)26-10-15-8-17(13-26)18-5-4-16(20(28)27(18)11-15)12-25(2)6-7-29-3/h4-5,9,15,17H,6-8,10-13H2,1-3H3,(H2,22,23,24)/t15-,17+/m0/s1. The molecule has 2 bridgehead atoms. The first-order valence-corrected chi connectivity index (χ1v) is 10.2. The van der Waals surface area contributed by atoms with Gasteiger partial charge in [0.2, 0.25) is 5.95 Å². The molecule has 0 aromatic carbocycles. The number of nitrogens with two attached hydrogens (primary N) is 1. The second kappa shape index (κ2) is 8.12. The van der Waals surface area contributed by atoms with E-state index in [2.05, 4.69) is 25.8 Å². The first kappa shape index (κ1) is 19.8. The van der Waals surface area contributed by atoms with Crippen LogP contribution in [0.4, 0.5) is 11.8 Å². The van der Waals surface area contributed by atoms with Crippen molar-refractivity contribution in [1.29, 1.82) is 0 Å². The van der Waals surface area contributed by atoms with E-state index in [0.29, 0.717) is 36.8 Å². The van der Waals surface area contributed by atoms with Gasteiger partial charge in [-0.1, -0.05) is 6.07 Å². The van der Waals surface area contributed by atoms with E-state index in [4.69, 9.17) is 10.5 Å². The Morgan fingerprint density at radius 2 is 2.14 bits per heavy atom. The van der Waals surface area contributed by atoms with Gasteiger partial charge < -0.3 is 19.9 Å². The molecule has 29 heavy (non-hydrogen) atoms. The van der Waals surface area contributed by atoms with Gasteiger partial charge in [0.1, 0.15) is 5.82 Å². The summed E-state index contributed by atoms with van der Waals surface area (Å²) in [6.07, 6.45) is 2.89. The van der Waals surface area contributed by atoms with Crippen LogP contribution in [-0.2, 0) is 17.8 Å². The number of piperidine rings is 1. The van der Waals surface area contributed by atoms with E-state index in [1.54, 1.807) is 13.3 Å². The number of pyridine rings is 1.